The summed E-state index contributed by atoms with van der Waals surface area (Å²) >= 11 is 1.62. The molecule has 1 amide bonds. The molecule has 2 heterocycles. The molecule has 0 unspecified atom stereocenters. The van der Waals surface area contributed by atoms with Crippen LogP contribution in [-0.2, 0) is 4.74 Å². The lowest BCUT2D eigenvalue weighted by molar-refractivity contribution is 0.0211. The Labute approximate surface area is 149 Å². The van der Waals surface area contributed by atoms with E-state index in [4.69, 9.17) is 4.74 Å². The summed E-state index contributed by atoms with van der Waals surface area (Å²) < 4.78 is 5.46. The lowest BCUT2D eigenvalue weighted by Gasteiger charge is -2.39. The molecule has 1 aromatic rings. The van der Waals surface area contributed by atoms with Crippen molar-refractivity contribution in [1.82, 2.24) is 10.2 Å². The standard InChI is InChI=1S/C19H28N2O2S/c1-24-18-5-3-2-4-17(18)19(22)20-14-15-6-10-21(11-7-15)16-8-12-23-13-9-16/h2-5,15-16H,6-14H2,1H3,(H,20,22). The van der Waals surface area contributed by atoms with Gasteiger partial charge in [0.1, 0.15) is 0 Å². The Morgan fingerprint density at radius 1 is 1.21 bits per heavy atom. The van der Waals surface area contributed by atoms with Crippen LogP contribution in [0.1, 0.15) is 36.0 Å². The molecule has 2 aliphatic heterocycles. The van der Waals surface area contributed by atoms with Crippen LogP contribution in [-0.4, -0.2) is 56.0 Å². The summed E-state index contributed by atoms with van der Waals surface area (Å²) in [5.74, 6) is 0.665. The highest BCUT2D eigenvalue weighted by Gasteiger charge is 2.26. The first-order valence-electron chi connectivity index (χ1n) is 9.01. The first-order chi connectivity index (χ1) is 11.8. The molecule has 1 aromatic carbocycles. The van der Waals surface area contributed by atoms with Gasteiger partial charge in [-0.3, -0.25) is 4.79 Å². The van der Waals surface area contributed by atoms with Gasteiger partial charge in [-0.05, 0) is 63.1 Å². The van der Waals surface area contributed by atoms with Crippen molar-refractivity contribution in [2.45, 2.75) is 36.6 Å². The molecule has 24 heavy (non-hydrogen) atoms. The number of benzene rings is 1. The third-order valence-electron chi connectivity index (χ3n) is 5.26. The smallest absolute Gasteiger partial charge is 0.252 e. The summed E-state index contributed by atoms with van der Waals surface area (Å²) in [6, 6.07) is 8.54. The third-order valence-corrected chi connectivity index (χ3v) is 6.06. The number of ether oxygens (including phenoxy) is 1. The Morgan fingerprint density at radius 3 is 2.62 bits per heavy atom. The fourth-order valence-corrected chi connectivity index (χ4v) is 4.33. The minimum Gasteiger partial charge on any atom is -0.381 e. The van der Waals surface area contributed by atoms with Crippen LogP contribution >= 0.6 is 11.8 Å². The van der Waals surface area contributed by atoms with Crippen LogP contribution in [0, 0.1) is 5.92 Å². The Balaban J connectivity index is 1.44. The lowest BCUT2D eigenvalue weighted by atomic mass is 9.94. The molecule has 0 bridgehead atoms. The van der Waals surface area contributed by atoms with Crippen molar-refractivity contribution in [2.24, 2.45) is 5.92 Å². The summed E-state index contributed by atoms with van der Waals surface area (Å²) in [6.45, 7) is 4.94. The summed E-state index contributed by atoms with van der Waals surface area (Å²) in [6.07, 6.45) is 6.72. The van der Waals surface area contributed by atoms with Crippen LogP contribution < -0.4 is 5.32 Å². The number of carbonyl (C=O) groups excluding carboxylic acids is 1. The van der Waals surface area contributed by atoms with Crippen LogP contribution in [0.2, 0.25) is 0 Å². The zero-order valence-corrected chi connectivity index (χ0v) is 15.3. The van der Waals surface area contributed by atoms with E-state index in [0.29, 0.717) is 12.0 Å². The first-order valence-corrected chi connectivity index (χ1v) is 10.2. The number of nitrogens with zero attached hydrogens (tertiary/aromatic N) is 1. The summed E-state index contributed by atoms with van der Waals surface area (Å²) in [5, 5.41) is 3.15. The second kappa shape index (κ2) is 8.88. The highest BCUT2D eigenvalue weighted by molar-refractivity contribution is 7.98. The third kappa shape index (κ3) is 4.52. The van der Waals surface area contributed by atoms with Crippen molar-refractivity contribution in [1.29, 1.82) is 0 Å². The van der Waals surface area contributed by atoms with E-state index < -0.39 is 0 Å². The Bertz CT molecular complexity index is 538. The molecule has 132 valence electrons. The van der Waals surface area contributed by atoms with Crippen molar-refractivity contribution in [3.05, 3.63) is 29.8 Å². The number of rotatable bonds is 5. The second-order valence-corrected chi connectivity index (χ2v) is 7.58. The monoisotopic (exact) mass is 348 g/mol. The largest absolute Gasteiger partial charge is 0.381 e. The van der Waals surface area contributed by atoms with Gasteiger partial charge in [-0.2, -0.15) is 0 Å². The van der Waals surface area contributed by atoms with Crippen molar-refractivity contribution in [3.63, 3.8) is 0 Å². The average molecular weight is 349 g/mol. The first kappa shape index (κ1) is 17.8. The van der Waals surface area contributed by atoms with Gasteiger partial charge in [0.25, 0.3) is 5.91 Å². The molecule has 3 rings (SSSR count). The number of nitrogens with one attached hydrogen (secondary N) is 1. The van der Waals surface area contributed by atoms with Gasteiger partial charge in [0.2, 0.25) is 0 Å². The molecule has 5 heteroatoms. The molecule has 0 aromatic heterocycles. The van der Waals surface area contributed by atoms with E-state index in [9.17, 15) is 4.79 Å². The number of thioether (sulfide) groups is 1. The second-order valence-electron chi connectivity index (χ2n) is 6.73. The van der Waals surface area contributed by atoms with Gasteiger partial charge in [-0.15, -0.1) is 11.8 Å². The van der Waals surface area contributed by atoms with Crippen molar-refractivity contribution in [2.75, 3.05) is 39.1 Å². The summed E-state index contributed by atoms with van der Waals surface area (Å²) in [4.78, 5) is 16.1. The van der Waals surface area contributed by atoms with Gasteiger partial charge in [0.05, 0.1) is 5.56 Å². The zero-order valence-electron chi connectivity index (χ0n) is 14.5. The van der Waals surface area contributed by atoms with Crippen molar-refractivity contribution < 1.29 is 9.53 Å². The molecule has 2 saturated heterocycles. The zero-order chi connectivity index (χ0) is 16.8. The van der Waals surface area contributed by atoms with E-state index in [0.717, 1.165) is 43.3 Å². The number of likely N-dealkylation sites (tertiary alicyclic amines) is 1. The van der Waals surface area contributed by atoms with E-state index in [1.54, 1.807) is 11.8 Å². The molecule has 0 saturated carbocycles. The van der Waals surface area contributed by atoms with Crippen LogP contribution in [0.4, 0.5) is 0 Å². The van der Waals surface area contributed by atoms with Crippen LogP contribution in [0.5, 0.6) is 0 Å². The average Bonchev–Trinajstić information content (AvgIpc) is 2.67. The quantitative estimate of drug-likeness (QED) is 0.831. The highest BCUT2D eigenvalue weighted by atomic mass is 32.2. The van der Waals surface area contributed by atoms with Crippen LogP contribution in [0.25, 0.3) is 0 Å². The van der Waals surface area contributed by atoms with Gasteiger partial charge in [-0.1, -0.05) is 12.1 Å². The number of amides is 1. The summed E-state index contributed by atoms with van der Waals surface area (Å²) in [7, 11) is 0. The van der Waals surface area contributed by atoms with Crippen LogP contribution in [0.15, 0.2) is 29.2 Å². The van der Waals surface area contributed by atoms with Crippen molar-refractivity contribution >= 4 is 17.7 Å². The maximum atomic E-state index is 12.4. The molecule has 2 aliphatic rings. The SMILES string of the molecule is CSc1ccccc1C(=O)NCC1CCN(C2CCOCC2)CC1. The molecule has 4 nitrogen and oxygen atoms in total. The maximum Gasteiger partial charge on any atom is 0.252 e. The lowest BCUT2D eigenvalue weighted by Crippen LogP contribution is -2.45. The van der Waals surface area contributed by atoms with E-state index in [1.165, 1.54) is 25.7 Å². The minimum atomic E-state index is 0.0619. The molecule has 0 atom stereocenters. The van der Waals surface area contributed by atoms with E-state index >= 15 is 0 Å². The summed E-state index contributed by atoms with van der Waals surface area (Å²) in [5.41, 5.74) is 0.796. The Morgan fingerprint density at radius 2 is 1.92 bits per heavy atom. The molecule has 0 spiro atoms. The maximum absolute atomic E-state index is 12.4. The normalized spacial score (nSPS) is 20.9. The minimum absolute atomic E-state index is 0.0619. The Hall–Kier alpha value is -1.04. The Kier molecular flexibility index (Phi) is 6.58. The van der Waals surface area contributed by atoms with Crippen molar-refractivity contribution in [3.8, 4) is 0 Å². The van der Waals surface area contributed by atoms with E-state index in [1.807, 2.05) is 30.5 Å². The van der Waals surface area contributed by atoms with Gasteiger partial charge in [0.15, 0.2) is 0 Å². The highest BCUT2D eigenvalue weighted by Crippen LogP contribution is 2.23. The predicted molar refractivity (Wildman–Crippen MR) is 98.7 cm³/mol. The molecule has 0 aliphatic carbocycles. The molecule has 0 radical (unpaired) electrons. The molecule has 2 fully saturated rings. The number of piperidine rings is 1. The van der Waals surface area contributed by atoms with Crippen LogP contribution in [0.3, 0.4) is 0 Å². The topological polar surface area (TPSA) is 41.6 Å². The fourth-order valence-electron chi connectivity index (χ4n) is 3.74. The van der Waals surface area contributed by atoms with E-state index in [2.05, 4.69) is 10.2 Å². The van der Waals surface area contributed by atoms with Gasteiger partial charge >= 0.3 is 0 Å². The van der Waals surface area contributed by atoms with Gasteiger partial charge < -0.3 is 15.0 Å². The molecular weight excluding hydrogens is 320 g/mol. The van der Waals surface area contributed by atoms with E-state index in [-0.39, 0.29) is 5.91 Å². The fraction of sp³-hybridized carbons (Fsp3) is 0.632. The molecular formula is C19H28N2O2S. The number of hydrogen-bond acceptors (Lipinski definition) is 4. The molecule has 1 N–H and O–H groups in total. The predicted octanol–water partition coefficient (Wildman–Crippen LogP) is 3.03. The number of hydrogen-bond donors (Lipinski definition) is 1. The van der Waals surface area contributed by atoms with Gasteiger partial charge in [-0.25, -0.2) is 0 Å². The number of carbonyl (C=O) groups is 1. The van der Waals surface area contributed by atoms with Gasteiger partial charge in [0, 0.05) is 30.7 Å².